The molecule has 6 nitrogen and oxygen atoms in total. The highest BCUT2D eigenvalue weighted by molar-refractivity contribution is 7.99. The van der Waals surface area contributed by atoms with Crippen molar-refractivity contribution < 1.29 is 4.79 Å². The van der Waals surface area contributed by atoms with Crippen molar-refractivity contribution in [2.24, 2.45) is 0 Å². The van der Waals surface area contributed by atoms with Crippen LogP contribution < -0.4 is 10.9 Å². The number of fused-ring (bicyclic) bond motifs is 1. The normalized spacial score (nSPS) is 12.8. The van der Waals surface area contributed by atoms with Gasteiger partial charge in [-0.3, -0.25) is 14.2 Å². The maximum Gasteiger partial charge on any atom is 0.267 e. The summed E-state index contributed by atoms with van der Waals surface area (Å²) in [5, 5.41) is 6.44. The van der Waals surface area contributed by atoms with Gasteiger partial charge in [0.15, 0.2) is 5.16 Å². The van der Waals surface area contributed by atoms with Crippen LogP contribution in [0.4, 0.5) is 5.69 Å². The fraction of sp³-hybridized carbons (Fsp3) is 0.176. The van der Waals surface area contributed by atoms with E-state index in [4.69, 9.17) is 0 Å². The summed E-state index contributed by atoms with van der Waals surface area (Å²) >= 11 is 3.12. The van der Waals surface area contributed by atoms with Crippen LogP contribution in [-0.2, 0) is 6.54 Å². The van der Waals surface area contributed by atoms with E-state index in [1.807, 2.05) is 24.4 Å². The minimum Gasteiger partial charge on any atom is -0.322 e. The van der Waals surface area contributed by atoms with Crippen molar-refractivity contribution in [1.82, 2.24) is 14.5 Å². The van der Waals surface area contributed by atoms with Crippen molar-refractivity contribution in [3.8, 4) is 11.3 Å². The van der Waals surface area contributed by atoms with Crippen LogP contribution in [0.15, 0.2) is 45.8 Å². The molecule has 3 heterocycles. The summed E-state index contributed by atoms with van der Waals surface area (Å²) in [5.41, 5.74) is 2.30. The Morgan fingerprint density at radius 3 is 2.80 bits per heavy atom. The minimum absolute atomic E-state index is 0.0606. The van der Waals surface area contributed by atoms with Crippen molar-refractivity contribution in [3.63, 3.8) is 0 Å². The number of nitrogens with zero attached hydrogens (tertiary/aromatic N) is 3. The van der Waals surface area contributed by atoms with E-state index < -0.39 is 5.91 Å². The lowest BCUT2D eigenvalue weighted by Gasteiger charge is -2.07. The van der Waals surface area contributed by atoms with Crippen LogP contribution in [-0.4, -0.2) is 26.2 Å². The number of thiazole rings is 1. The zero-order chi connectivity index (χ0) is 17.4. The topological polar surface area (TPSA) is 76.9 Å². The van der Waals surface area contributed by atoms with E-state index in [2.05, 4.69) is 15.3 Å². The molecule has 2 aromatic heterocycles. The number of anilines is 1. The van der Waals surface area contributed by atoms with E-state index in [-0.39, 0.29) is 11.1 Å². The molecule has 0 fully saturated rings. The average molecular weight is 370 g/mol. The summed E-state index contributed by atoms with van der Waals surface area (Å²) in [6.07, 6.45) is 1.36. The molecule has 126 valence electrons. The third-order valence-electron chi connectivity index (χ3n) is 3.86. The lowest BCUT2D eigenvalue weighted by molar-refractivity contribution is 0.102. The van der Waals surface area contributed by atoms with Crippen molar-refractivity contribution in [2.45, 2.75) is 18.6 Å². The molecule has 0 saturated heterocycles. The fourth-order valence-corrected chi connectivity index (χ4v) is 4.13. The van der Waals surface area contributed by atoms with Crippen LogP contribution in [0.1, 0.15) is 15.4 Å². The van der Waals surface area contributed by atoms with Gasteiger partial charge in [-0.05, 0) is 19.1 Å². The molecule has 0 spiro atoms. The van der Waals surface area contributed by atoms with Crippen LogP contribution in [0, 0.1) is 6.92 Å². The van der Waals surface area contributed by atoms with Crippen molar-refractivity contribution in [1.29, 1.82) is 0 Å². The molecular formula is C17H14N4O2S2. The molecule has 0 atom stereocenters. The first-order chi connectivity index (χ1) is 12.1. The highest BCUT2D eigenvalue weighted by Gasteiger charge is 2.20. The molecule has 1 N–H and O–H groups in total. The standard InChI is InChI=1S/C17H14N4O2S2/c1-10-19-14(9-25-10)11-2-4-12(5-3-11)20-15(22)13-8-18-17-21(16(13)23)6-7-24-17/h2-5,8-9H,6-7H2,1H3,(H,20,22). The van der Waals surface area contributed by atoms with E-state index in [1.54, 1.807) is 28.0 Å². The fourth-order valence-electron chi connectivity index (χ4n) is 2.59. The number of hydrogen-bond donors (Lipinski definition) is 1. The molecule has 3 aromatic rings. The Bertz CT molecular complexity index is 1010. The predicted octanol–water partition coefficient (Wildman–Crippen LogP) is 3.03. The Kier molecular flexibility index (Phi) is 4.14. The van der Waals surface area contributed by atoms with Gasteiger partial charge in [0.25, 0.3) is 11.5 Å². The van der Waals surface area contributed by atoms with E-state index in [0.29, 0.717) is 17.4 Å². The third-order valence-corrected chi connectivity index (χ3v) is 5.60. The van der Waals surface area contributed by atoms with Crippen molar-refractivity contribution in [3.05, 3.63) is 56.8 Å². The van der Waals surface area contributed by atoms with Gasteiger partial charge in [-0.2, -0.15) is 0 Å². The summed E-state index contributed by atoms with van der Waals surface area (Å²) in [7, 11) is 0. The van der Waals surface area contributed by atoms with Crippen LogP contribution in [0.5, 0.6) is 0 Å². The van der Waals surface area contributed by atoms with Gasteiger partial charge in [0, 0.05) is 35.1 Å². The molecule has 1 aliphatic rings. The zero-order valence-corrected chi connectivity index (χ0v) is 15.0. The molecule has 25 heavy (non-hydrogen) atoms. The number of nitrogens with one attached hydrogen (secondary N) is 1. The first kappa shape index (κ1) is 16.0. The van der Waals surface area contributed by atoms with E-state index >= 15 is 0 Å². The van der Waals surface area contributed by atoms with Gasteiger partial charge in [-0.25, -0.2) is 9.97 Å². The van der Waals surface area contributed by atoms with Gasteiger partial charge >= 0.3 is 0 Å². The second-order valence-electron chi connectivity index (χ2n) is 5.54. The molecule has 0 radical (unpaired) electrons. The molecule has 8 heteroatoms. The van der Waals surface area contributed by atoms with Crippen molar-refractivity contribution in [2.75, 3.05) is 11.1 Å². The first-order valence-electron chi connectivity index (χ1n) is 7.68. The Balaban J connectivity index is 1.54. The van der Waals surface area contributed by atoms with Crippen LogP contribution in [0.2, 0.25) is 0 Å². The van der Waals surface area contributed by atoms with E-state index in [1.165, 1.54) is 18.0 Å². The van der Waals surface area contributed by atoms with Crippen molar-refractivity contribution >= 4 is 34.7 Å². The number of rotatable bonds is 3. The maximum atomic E-state index is 12.4. The van der Waals surface area contributed by atoms with E-state index in [9.17, 15) is 9.59 Å². The van der Waals surface area contributed by atoms with Gasteiger partial charge in [-0.15, -0.1) is 11.3 Å². The summed E-state index contributed by atoms with van der Waals surface area (Å²) in [6.45, 7) is 2.55. The molecule has 1 aliphatic heterocycles. The lowest BCUT2D eigenvalue weighted by Crippen LogP contribution is -2.29. The quantitative estimate of drug-likeness (QED) is 0.717. The number of hydrogen-bond acceptors (Lipinski definition) is 6. The Labute approximate surface area is 152 Å². The number of carbonyl (C=O) groups is 1. The molecule has 1 amide bonds. The first-order valence-corrected chi connectivity index (χ1v) is 9.55. The molecule has 0 aliphatic carbocycles. The third kappa shape index (κ3) is 3.10. The van der Waals surface area contributed by atoms with Crippen LogP contribution >= 0.6 is 23.1 Å². The number of thioether (sulfide) groups is 1. The SMILES string of the molecule is Cc1nc(-c2ccc(NC(=O)c3cnc4n(c3=O)CCS4)cc2)cs1. The smallest absolute Gasteiger partial charge is 0.267 e. The number of carbonyl (C=O) groups excluding carboxylic acids is 1. The van der Waals surface area contributed by atoms with Gasteiger partial charge in [-0.1, -0.05) is 23.9 Å². The average Bonchev–Trinajstić information content (AvgIpc) is 3.25. The second-order valence-corrected chi connectivity index (χ2v) is 7.67. The van der Waals surface area contributed by atoms with Gasteiger partial charge in [0.05, 0.1) is 10.7 Å². The van der Waals surface area contributed by atoms with E-state index in [0.717, 1.165) is 22.0 Å². The molecule has 1 aromatic carbocycles. The minimum atomic E-state index is -0.443. The molecule has 0 unspecified atom stereocenters. The Morgan fingerprint density at radius 2 is 2.08 bits per heavy atom. The number of benzene rings is 1. The number of aryl methyl sites for hydroxylation is 1. The maximum absolute atomic E-state index is 12.4. The Morgan fingerprint density at radius 1 is 1.28 bits per heavy atom. The lowest BCUT2D eigenvalue weighted by atomic mass is 10.1. The highest BCUT2D eigenvalue weighted by atomic mass is 32.2. The Hall–Kier alpha value is -2.45. The second kappa shape index (κ2) is 6.45. The van der Waals surface area contributed by atoms with Crippen LogP contribution in [0.3, 0.4) is 0 Å². The van der Waals surface area contributed by atoms with Gasteiger partial charge in [0.2, 0.25) is 0 Å². The number of aromatic nitrogens is 3. The van der Waals surface area contributed by atoms with Gasteiger partial charge < -0.3 is 5.32 Å². The zero-order valence-electron chi connectivity index (χ0n) is 13.4. The van der Waals surface area contributed by atoms with Crippen LogP contribution in [0.25, 0.3) is 11.3 Å². The summed E-state index contributed by atoms with van der Waals surface area (Å²) in [4.78, 5) is 33.4. The summed E-state index contributed by atoms with van der Waals surface area (Å²) in [5.74, 6) is 0.368. The predicted molar refractivity (Wildman–Crippen MR) is 99.5 cm³/mol. The van der Waals surface area contributed by atoms with Gasteiger partial charge in [0.1, 0.15) is 5.56 Å². The highest BCUT2D eigenvalue weighted by Crippen LogP contribution is 2.23. The summed E-state index contributed by atoms with van der Waals surface area (Å²) < 4.78 is 1.55. The molecule has 4 rings (SSSR count). The molecular weight excluding hydrogens is 356 g/mol. The summed E-state index contributed by atoms with van der Waals surface area (Å²) in [6, 6.07) is 7.40. The molecule has 0 bridgehead atoms. The largest absolute Gasteiger partial charge is 0.322 e. The number of amides is 1. The monoisotopic (exact) mass is 370 g/mol. The molecule has 0 saturated carbocycles.